The van der Waals surface area contributed by atoms with Crippen molar-refractivity contribution in [3.63, 3.8) is 0 Å². The van der Waals surface area contributed by atoms with Crippen molar-refractivity contribution >= 4 is 12.0 Å². The largest absolute Gasteiger partial charge is 0.481 e. The van der Waals surface area contributed by atoms with Crippen molar-refractivity contribution in [2.24, 2.45) is 11.8 Å². The van der Waals surface area contributed by atoms with E-state index in [1.54, 1.807) is 18.9 Å². The van der Waals surface area contributed by atoms with E-state index < -0.39 is 11.9 Å². The lowest BCUT2D eigenvalue weighted by Gasteiger charge is -2.25. The molecule has 0 radical (unpaired) electrons. The van der Waals surface area contributed by atoms with Crippen molar-refractivity contribution in [2.75, 3.05) is 13.6 Å². The van der Waals surface area contributed by atoms with Crippen LogP contribution < -0.4 is 5.32 Å². The summed E-state index contributed by atoms with van der Waals surface area (Å²) in [6.07, 6.45) is 2.87. The van der Waals surface area contributed by atoms with Crippen molar-refractivity contribution < 1.29 is 14.7 Å². The summed E-state index contributed by atoms with van der Waals surface area (Å²) in [7, 11) is 1.79. The number of carbonyl (C=O) groups excluding carboxylic acids is 1. The first-order valence-electron chi connectivity index (χ1n) is 6.17. The number of nitrogens with zero attached hydrogens (tertiary/aromatic N) is 1. The molecule has 0 spiro atoms. The minimum atomic E-state index is -0.820. The zero-order valence-corrected chi connectivity index (χ0v) is 10.8. The second-order valence-corrected chi connectivity index (χ2v) is 4.95. The molecule has 0 heterocycles. The van der Waals surface area contributed by atoms with Gasteiger partial charge in [0, 0.05) is 19.6 Å². The van der Waals surface area contributed by atoms with Crippen molar-refractivity contribution in [1.82, 2.24) is 10.2 Å². The molecular formula is C12H22N2O3. The third-order valence-electron chi connectivity index (χ3n) is 3.51. The van der Waals surface area contributed by atoms with Crippen LogP contribution in [-0.4, -0.2) is 41.6 Å². The Morgan fingerprint density at radius 2 is 2.00 bits per heavy atom. The first kappa shape index (κ1) is 13.8. The minimum Gasteiger partial charge on any atom is -0.481 e. The third-order valence-corrected chi connectivity index (χ3v) is 3.51. The fraction of sp³-hybridized carbons (Fsp3) is 0.833. The van der Waals surface area contributed by atoms with Gasteiger partial charge in [0.05, 0.1) is 5.92 Å². The predicted octanol–water partition coefficient (Wildman–Crippen LogP) is 1.54. The molecule has 1 aliphatic rings. The Labute approximate surface area is 102 Å². The summed E-state index contributed by atoms with van der Waals surface area (Å²) in [4.78, 5) is 24.0. The summed E-state index contributed by atoms with van der Waals surface area (Å²) in [6.45, 7) is 4.11. The Morgan fingerprint density at radius 3 is 2.47 bits per heavy atom. The number of carbonyl (C=O) groups is 2. The van der Waals surface area contributed by atoms with Gasteiger partial charge in [0.15, 0.2) is 0 Å². The lowest BCUT2D eigenvalue weighted by molar-refractivity contribution is -0.141. The molecule has 2 N–H and O–H groups in total. The molecule has 98 valence electrons. The van der Waals surface area contributed by atoms with Gasteiger partial charge in [-0.1, -0.05) is 6.92 Å². The molecule has 1 saturated carbocycles. The fourth-order valence-electron chi connectivity index (χ4n) is 1.72. The summed E-state index contributed by atoms with van der Waals surface area (Å²) >= 11 is 0. The molecule has 0 saturated heterocycles. The van der Waals surface area contributed by atoms with Crippen LogP contribution in [0.1, 0.15) is 33.1 Å². The van der Waals surface area contributed by atoms with E-state index in [2.05, 4.69) is 12.2 Å². The molecule has 2 amide bonds. The topological polar surface area (TPSA) is 69.6 Å². The van der Waals surface area contributed by atoms with E-state index in [1.807, 2.05) is 0 Å². The lowest BCUT2D eigenvalue weighted by atomic mass is 10.1. The summed E-state index contributed by atoms with van der Waals surface area (Å²) in [5.74, 6) is -0.593. The Kier molecular flexibility index (Phi) is 4.78. The van der Waals surface area contributed by atoms with Gasteiger partial charge >= 0.3 is 12.0 Å². The van der Waals surface area contributed by atoms with Crippen LogP contribution in [0.15, 0.2) is 0 Å². The Hall–Kier alpha value is -1.26. The van der Waals surface area contributed by atoms with E-state index in [0.29, 0.717) is 18.9 Å². The molecule has 2 unspecified atom stereocenters. The number of nitrogens with one attached hydrogen (secondary N) is 1. The molecule has 0 bridgehead atoms. The molecule has 17 heavy (non-hydrogen) atoms. The third kappa shape index (κ3) is 4.24. The second-order valence-electron chi connectivity index (χ2n) is 4.95. The summed E-state index contributed by atoms with van der Waals surface area (Å²) in [5, 5.41) is 11.5. The maximum Gasteiger partial charge on any atom is 0.317 e. The Morgan fingerprint density at radius 1 is 1.41 bits per heavy atom. The summed E-state index contributed by atoms with van der Waals surface area (Å²) < 4.78 is 0. The maximum absolute atomic E-state index is 11.7. The average Bonchev–Trinajstić information content (AvgIpc) is 3.10. The van der Waals surface area contributed by atoms with Crippen LogP contribution in [0.5, 0.6) is 0 Å². The van der Waals surface area contributed by atoms with E-state index in [1.165, 1.54) is 12.8 Å². The lowest BCUT2D eigenvalue weighted by Crippen LogP contribution is -2.43. The number of hydrogen-bond donors (Lipinski definition) is 2. The standard InChI is InChI=1S/C12H22N2O3/c1-8(11(15)16)6-7-13-12(17)14(3)9(2)10-4-5-10/h8-10H,4-7H2,1-3H3,(H,13,17)(H,15,16). The molecule has 2 atom stereocenters. The van der Waals surface area contributed by atoms with Gasteiger partial charge in [-0.15, -0.1) is 0 Å². The summed E-state index contributed by atoms with van der Waals surface area (Å²) in [5.41, 5.74) is 0. The number of carboxylic acids is 1. The van der Waals surface area contributed by atoms with Crippen LogP contribution in [0.4, 0.5) is 4.79 Å². The zero-order valence-electron chi connectivity index (χ0n) is 10.8. The predicted molar refractivity (Wildman–Crippen MR) is 64.8 cm³/mol. The highest BCUT2D eigenvalue weighted by Crippen LogP contribution is 2.34. The van der Waals surface area contributed by atoms with Gasteiger partial charge < -0.3 is 15.3 Å². The van der Waals surface area contributed by atoms with E-state index in [4.69, 9.17) is 5.11 Å². The quantitative estimate of drug-likeness (QED) is 0.742. The molecule has 1 fully saturated rings. The van der Waals surface area contributed by atoms with E-state index in [9.17, 15) is 9.59 Å². The average molecular weight is 242 g/mol. The monoisotopic (exact) mass is 242 g/mol. The highest BCUT2D eigenvalue weighted by Gasteiger charge is 2.32. The van der Waals surface area contributed by atoms with Crippen LogP contribution in [0.3, 0.4) is 0 Å². The Balaban J connectivity index is 2.22. The number of carboxylic acid groups (broad SMARTS) is 1. The number of amides is 2. The number of urea groups is 1. The van der Waals surface area contributed by atoms with E-state index >= 15 is 0 Å². The molecular weight excluding hydrogens is 220 g/mol. The van der Waals surface area contributed by atoms with Gasteiger partial charge in [-0.3, -0.25) is 4.79 Å². The van der Waals surface area contributed by atoms with E-state index in [0.717, 1.165) is 0 Å². The smallest absolute Gasteiger partial charge is 0.317 e. The van der Waals surface area contributed by atoms with Gasteiger partial charge in [-0.2, -0.15) is 0 Å². The van der Waals surface area contributed by atoms with Crippen LogP contribution >= 0.6 is 0 Å². The maximum atomic E-state index is 11.7. The molecule has 5 heteroatoms. The molecule has 1 rings (SSSR count). The molecule has 0 aromatic rings. The van der Waals surface area contributed by atoms with Gasteiger partial charge in [0.25, 0.3) is 0 Å². The fourth-order valence-corrected chi connectivity index (χ4v) is 1.72. The molecule has 0 aromatic carbocycles. The second kappa shape index (κ2) is 5.89. The minimum absolute atomic E-state index is 0.109. The normalized spacial score (nSPS) is 18.3. The van der Waals surface area contributed by atoms with Crippen molar-refractivity contribution in [3.8, 4) is 0 Å². The number of rotatable bonds is 6. The molecule has 0 aliphatic heterocycles. The van der Waals surface area contributed by atoms with Crippen LogP contribution in [-0.2, 0) is 4.79 Å². The summed E-state index contributed by atoms with van der Waals surface area (Å²) in [6, 6.07) is 0.161. The van der Waals surface area contributed by atoms with Crippen LogP contribution in [0.25, 0.3) is 0 Å². The van der Waals surface area contributed by atoms with Gasteiger partial charge in [-0.25, -0.2) is 4.79 Å². The van der Waals surface area contributed by atoms with E-state index in [-0.39, 0.29) is 12.1 Å². The Bertz CT molecular complexity index is 289. The SMILES string of the molecule is CC(CCNC(=O)N(C)C(C)C1CC1)C(=O)O. The van der Waals surface area contributed by atoms with Crippen molar-refractivity contribution in [2.45, 2.75) is 39.2 Å². The first-order chi connectivity index (χ1) is 7.93. The highest BCUT2D eigenvalue weighted by atomic mass is 16.4. The van der Waals surface area contributed by atoms with Gasteiger partial charge in [-0.05, 0) is 32.1 Å². The van der Waals surface area contributed by atoms with Crippen molar-refractivity contribution in [3.05, 3.63) is 0 Å². The van der Waals surface area contributed by atoms with Gasteiger partial charge in [0.1, 0.15) is 0 Å². The molecule has 5 nitrogen and oxygen atoms in total. The molecule has 0 aromatic heterocycles. The van der Waals surface area contributed by atoms with Crippen LogP contribution in [0.2, 0.25) is 0 Å². The zero-order chi connectivity index (χ0) is 13.0. The van der Waals surface area contributed by atoms with Crippen LogP contribution in [0, 0.1) is 11.8 Å². The number of hydrogen-bond acceptors (Lipinski definition) is 2. The first-order valence-corrected chi connectivity index (χ1v) is 6.17. The molecule has 1 aliphatic carbocycles. The van der Waals surface area contributed by atoms with Crippen molar-refractivity contribution in [1.29, 1.82) is 0 Å². The van der Waals surface area contributed by atoms with Gasteiger partial charge in [0.2, 0.25) is 0 Å². The highest BCUT2D eigenvalue weighted by molar-refractivity contribution is 5.74. The number of aliphatic carboxylic acids is 1.